The summed E-state index contributed by atoms with van der Waals surface area (Å²) < 4.78 is 35.2. The zero-order valence-electron chi connectivity index (χ0n) is 10.9. The van der Waals surface area contributed by atoms with Gasteiger partial charge in [0, 0.05) is 5.69 Å². The van der Waals surface area contributed by atoms with E-state index in [4.69, 9.17) is 9.29 Å². The maximum Gasteiger partial charge on any atom is 0.417 e. The van der Waals surface area contributed by atoms with Gasteiger partial charge in [-0.2, -0.15) is 8.42 Å². The van der Waals surface area contributed by atoms with E-state index in [1.807, 2.05) is 0 Å². The van der Waals surface area contributed by atoms with Crippen LogP contribution in [-0.4, -0.2) is 19.1 Å². The van der Waals surface area contributed by atoms with E-state index in [-0.39, 0.29) is 0 Å². The van der Waals surface area contributed by atoms with Crippen molar-refractivity contribution in [1.29, 1.82) is 0 Å². The molecule has 0 radical (unpaired) electrons. The molecule has 1 amide bonds. The van der Waals surface area contributed by atoms with E-state index in [0.717, 1.165) is 0 Å². The average Bonchev–Trinajstić information content (AvgIpc) is 2.40. The van der Waals surface area contributed by atoms with Crippen molar-refractivity contribution in [1.82, 2.24) is 0 Å². The number of para-hydroxylation sites is 1. The second-order valence-electron chi connectivity index (χ2n) is 4.25. The summed E-state index contributed by atoms with van der Waals surface area (Å²) in [6, 6.07) is 14.6. The van der Waals surface area contributed by atoms with Gasteiger partial charge in [-0.1, -0.05) is 30.3 Å². The number of nitrogens with one attached hydrogen (secondary N) is 1. The molecule has 0 bridgehead atoms. The zero-order valence-corrected chi connectivity index (χ0v) is 11.7. The summed E-state index contributed by atoms with van der Waals surface area (Å²) in [5.74, 6) is -0.0557. The molecule has 0 aliphatic heterocycles. The number of hydrogen-bond acceptors (Lipinski definition) is 4. The molecule has 0 aliphatic carbocycles. The molecule has 0 atom stereocenters. The van der Waals surface area contributed by atoms with Crippen molar-refractivity contribution in [2.24, 2.45) is 0 Å². The molecule has 6 nitrogen and oxygen atoms in total. The van der Waals surface area contributed by atoms with Gasteiger partial charge in [0.1, 0.15) is 11.5 Å². The Bertz CT molecular complexity index is 711. The highest BCUT2D eigenvalue weighted by Crippen LogP contribution is 2.13. The minimum Gasteiger partial charge on any atom is -0.410 e. The van der Waals surface area contributed by atoms with Crippen LogP contribution in [0.25, 0.3) is 0 Å². The Hall–Kier alpha value is -2.38. The number of amides is 1. The lowest BCUT2D eigenvalue weighted by Gasteiger charge is -2.07. The molecule has 7 heteroatoms. The van der Waals surface area contributed by atoms with Crippen LogP contribution in [0, 0.1) is 0 Å². The lowest BCUT2D eigenvalue weighted by molar-refractivity contribution is 0.215. The van der Waals surface area contributed by atoms with E-state index in [0.29, 0.717) is 17.0 Å². The molecular weight excluding hydrogens is 294 g/mol. The fourth-order valence-electron chi connectivity index (χ4n) is 1.63. The molecule has 110 valence electrons. The Morgan fingerprint density at radius 3 is 2.24 bits per heavy atom. The van der Waals surface area contributed by atoms with Gasteiger partial charge in [0.05, 0.1) is 0 Å². The SMILES string of the molecule is O=C(Nc1ccc(CS(=O)(=O)O)cc1)Oc1ccccc1. The number of carbonyl (C=O) groups excluding carboxylic acids is 1. The van der Waals surface area contributed by atoms with Gasteiger partial charge in [-0.25, -0.2) is 4.79 Å². The number of rotatable bonds is 4. The summed E-state index contributed by atoms with van der Waals surface area (Å²) in [7, 11) is -4.07. The first kappa shape index (κ1) is 15.0. The Balaban J connectivity index is 1.95. The molecule has 0 spiro atoms. The second-order valence-corrected chi connectivity index (χ2v) is 5.70. The van der Waals surface area contributed by atoms with Gasteiger partial charge < -0.3 is 4.74 Å². The number of carbonyl (C=O) groups is 1. The van der Waals surface area contributed by atoms with E-state index < -0.39 is 22.0 Å². The fraction of sp³-hybridized carbons (Fsp3) is 0.0714. The first-order chi connectivity index (χ1) is 9.92. The summed E-state index contributed by atoms with van der Waals surface area (Å²) in [6.07, 6.45) is -0.649. The lowest BCUT2D eigenvalue weighted by atomic mass is 10.2. The van der Waals surface area contributed by atoms with E-state index in [1.165, 1.54) is 24.3 Å². The van der Waals surface area contributed by atoms with Crippen LogP contribution in [0.4, 0.5) is 10.5 Å². The highest BCUT2D eigenvalue weighted by atomic mass is 32.2. The van der Waals surface area contributed by atoms with E-state index in [9.17, 15) is 13.2 Å². The van der Waals surface area contributed by atoms with Crippen LogP contribution in [-0.2, 0) is 15.9 Å². The predicted octanol–water partition coefficient (Wildman–Crippen LogP) is 2.69. The van der Waals surface area contributed by atoms with Gasteiger partial charge in [0.25, 0.3) is 10.1 Å². The van der Waals surface area contributed by atoms with Gasteiger partial charge in [-0.05, 0) is 29.8 Å². The highest BCUT2D eigenvalue weighted by Gasteiger charge is 2.08. The van der Waals surface area contributed by atoms with Gasteiger partial charge in [0.2, 0.25) is 0 Å². The molecule has 0 fully saturated rings. The molecule has 0 heterocycles. The minimum absolute atomic E-state index is 0.415. The number of hydrogen-bond donors (Lipinski definition) is 2. The van der Waals surface area contributed by atoms with Gasteiger partial charge in [-0.3, -0.25) is 9.87 Å². The minimum atomic E-state index is -4.07. The largest absolute Gasteiger partial charge is 0.417 e. The van der Waals surface area contributed by atoms with Crippen LogP contribution in [0.1, 0.15) is 5.56 Å². The Morgan fingerprint density at radius 2 is 1.67 bits per heavy atom. The fourth-order valence-corrected chi connectivity index (χ4v) is 2.25. The number of benzene rings is 2. The summed E-state index contributed by atoms with van der Waals surface area (Å²) in [6.45, 7) is 0. The summed E-state index contributed by atoms with van der Waals surface area (Å²) in [5, 5.41) is 2.51. The molecule has 21 heavy (non-hydrogen) atoms. The van der Waals surface area contributed by atoms with Crippen molar-refractivity contribution in [3.8, 4) is 5.75 Å². The first-order valence-corrected chi connectivity index (χ1v) is 7.61. The average molecular weight is 307 g/mol. The quantitative estimate of drug-likeness (QED) is 0.847. The topological polar surface area (TPSA) is 92.7 Å². The van der Waals surface area contributed by atoms with Crippen LogP contribution in [0.15, 0.2) is 54.6 Å². The first-order valence-electron chi connectivity index (χ1n) is 6.00. The van der Waals surface area contributed by atoms with Crippen molar-refractivity contribution in [2.75, 3.05) is 5.32 Å². The molecule has 0 aliphatic rings. The zero-order chi connectivity index (χ0) is 15.3. The second kappa shape index (κ2) is 6.38. The summed E-state index contributed by atoms with van der Waals surface area (Å²) in [5.41, 5.74) is 0.870. The van der Waals surface area contributed by atoms with Crippen LogP contribution >= 0.6 is 0 Å². The Morgan fingerprint density at radius 1 is 1.05 bits per heavy atom. The smallest absolute Gasteiger partial charge is 0.410 e. The monoisotopic (exact) mass is 307 g/mol. The van der Waals surface area contributed by atoms with Crippen molar-refractivity contribution in [3.63, 3.8) is 0 Å². The number of anilines is 1. The molecule has 0 saturated heterocycles. The molecular formula is C14H13NO5S. The molecule has 2 aromatic carbocycles. The van der Waals surface area contributed by atoms with Crippen LogP contribution in [0.2, 0.25) is 0 Å². The standard InChI is InChI=1S/C14H13NO5S/c16-14(20-13-4-2-1-3-5-13)15-12-8-6-11(7-9-12)10-21(17,18)19/h1-9H,10H2,(H,15,16)(H,17,18,19). The van der Waals surface area contributed by atoms with E-state index in [1.54, 1.807) is 30.3 Å². The van der Waals surface area contributed by atoms with E-state index in [2.05, 4.69) is 5.32 Å². The summed E-state index contributed by atoms with van der Waals surface area (Å²) in [4.78, 5) is 11.6. The van der Waals surface area contributed by atoms with Crippen LogP contribution in [0.3, 0.4) is 0 Å². The maximum atomic E-state index is 11.6. The maximum absolute atomic E-state index is 11.6. The van der Waals surface area contributed by atoms with Crippen molar-refractivity contribution >= 4 is 21.9 Å². The Labute approximate surface area is 122 Å². The number of ether oxygens (including phenoxy) is 1. The third kappa shape index (κ3) is 5.25. The highest BCUT2D eigenvalue weighted by molar-refractivity contribution is 7.85. The summed E-state index contributed by atoms with van der Waals surface area (Å²) >= 11 is 0. The Kier molecular flexibility index (Phi) is 4.56. The molecule has 0 saturated carbocycles. The van der Waals surface area contributed by atoms with Crippen molar-refractivity contribution < 1.29 is 22.5 Å². The molecule has 2 N–H and O–H groups in total. The van der Waals surface area contributed by atoms with Crippen LogP contribution in [0.5, 0.6) is 5.75 Å². The third-order valence-electron chi connectivity index (χ3n) is 2.50. The van der Waals surface area contributed by atoms with E-state index >= 15 is 0 Å². The van der Waals surface area contributed by atoms with Gasteiger partial charge >= 0.3 is 6.09 Å². The van der Waals surface area contributed by atoms with Gasteiger partial charge in [0.15, 0.2) is 0 Å². The lowest BCUT2D eigenvalue weighted by Crippen LogP contribution is -2.16. The van der Waals surface area contributed by atoms with Crippen LogP contribution < -0.4 is 10.1 Å². The normalized spacial score (nSPS) is 10.9. The molecule has 0 unspecified atom stereocenters. The molecule has 0 aromatic heterocycles. The molecule has 2 rings (SSSR count). The molecule has 2 aromatic rings. The predicted molar refractivity (Wildman–Crippen MR) is 77.8 cm³/mol. The van der Waals surface area contributed by atoms with Gasteiger partial charge in [-0.15, -0.1) is 0 Å². The third-order valence-corrected chi connectivity index (χ3v) is 3.20. The van der Waals surface area contributed by atoms with Crippen molar-refractivity contribution in [2.45, 2.75) is 5.75 Å². The van der Waals surface area contributed by atoms with Crippen molar-refractivity contribution in [3.05, 3.63) is 60.2 Å².